The molecular formula is C12H15Cl2N3O. The summed E-state index contributed by atoms with van der Waals surface area (Å²) in [6, 6.07) is 4.88. The first-order chi connectivity index (χ1) is 8.63. The van der Waals surface area contributed by atoms with Crippen LogP contribution in [0.5, 0.6) is 0 Å². The van der Waals surface area contributed by atoms with Gasteiger partial charge in [-0.05, 0) is 37.6 Å². The first-order valence-electron chi connectivity index (χ1n) is 5.88. The lowest BCUT2D eigenvalue weighted by Crippen LogP contribution is -2.47. The van der Waals surface area contributed by atoms with E-state index in [4.69, 9.17) is 23.2 Å². The summed E-state index contributed by atoms with van der Waals surface area (Å²) in [7, 11) is 0. The van der Waals surface area contributed by atoms with Gasteiger partial charge in [-0.1, -0.05) is 23.2 Å². The van der Waals surface area contributed by atoms with Crippen LogP contribution in [0.1, 0.15) is 12.8 Å². The molecule has 0 bridgehead atoms. The summed E-state index contributed by atoms with van der Waals surface area (Å²) in [5, 5.41) is 9.86. The van der Waals surface area contributed by atoms with E-state index < -0.39 is 0 Å². The number of carbonyl (C=O) groups is 1. The summed E-state index contributed by atoms with van der Waals surface area (Å²) in [5.74, 6) is 0. The molecule has 1 aromatic carbocycles. The molecule has 0 radical (unpaired) electrons. The summed E-state index contributed by atoms with van der Waals surface area (Å²) in [6.45, 7) is 1.83. The average Bonchev–Trinajstić information content (AvgIpc) is 2.28. The lowest BCUT2D eigenvalue weighted by Gasteiger charge is -2.23. The van der Waals surface area contributed by atoms with Gasteiger partial charge in [0.2, 0.25) is 0 Å². The number of halogens is 2. The Kier molecular flexibility index (Phi) is 4.69. The van der Waals surface area contributed by atoms with Crippen molar-refractivity contribution in [1.29, 1.82) is 0 Å². The molecule has 1 aliphatic rings. The Morgan fingerprint density at radius 3 is 2.61 bits per heavy atom. The SMILES string of the molecule is O=C(Nc1cc(Cl)cc(Cl)c1)N[C@@H]1CCCNC1. The third-order valence-corrected chi connectivity index (χ3v) is 3.19. The third kappa shape index (κ3) is 4.05. The number of carbonyl (C=O) groups excluding carboxylic acids is 1. The molecule has 98 valence electrons. The van der Waals surface area contributed by atoms with E-state index in [0.717, 1.165) is 25.9 Å². The number of urea groups is 1. The van der Waals surface area contributed by atoms with E-state index in [1.165, 1.54) is 0 Å². The van der Waals surface area contributed by atoms with Crippen LogP contribution in [0.3, 0.4) is 0 Å². The van der Waals surface area contributed by atoms with Crippen molar-refractivity contribution in [1.82, 2.24) is 10.6 Å². The zero-order valence-electron chi connectivity index (χ0n) is 9.80. The van der Waals surface area contributed by atoms with Crippen molar-refractivity contribution >= 4 is 34.9 Å². The maximum absolute atomic E-state index is 11.8. The van der Waals surface area contributed by atoms with Crippen LogP contribution in [0.2, 0.25) is 10.0 Å². The summed E-state index contributed by atoms with van der Waals surface area (Å²) < 4.78 is 0. The van der Waals surface area contributed by atoms with Crippen LogP contribution in [-0.4, -0.2) is 25.2 Å². The number of hydrogen-bond acceptors (Lipinski definition) is 2. The Morgan fingerprint density at radius 1 is 1.28 bits per heavy atom. The number of piperidine rings is 1. The van der Waals surface area contributed by atoms with Gasteiger partial charge in [0.25, 0.3) is 0 Å². The molecule has 2 rings (SSSR count). The highest BCUT2D eigenvalue weighted by Gasteiger charge is 2.15. The molecule has 1 aliphatic heterocycles. The van der Waals surface area contributed by atoms with Gasteiger partial charge in [0, 0.05) is 28.3 Å². The second-order valence-corrected chi connectivity index (χ2v) is 5.17. The lowest BCUT2D eigenvalue weighted by molar-refractivity contribution is 0.245. The fourth-order valence-electron chi connectivity index (χ4n) is 1.95. The molecule has 1 saturated heterocycles. The molecule has 0 aromatic heterocycles. The van der Waals surface area contributed by atoms with Crippen molar-refractivity contribution in [2.24, 2.45) is 0 Å². The van der Waals surface area contributed by atoms with Crippen molar-refractivity contribution in [2.75, 3.05) is 18.4 Å². The highest BCUT2D eigenvalue weighted by Crippen LogP contribution is 2.22. The van der Waals surface area contributed by atoms with Gasteiger partial charge >= 0.3 is 6.03 Å². The number of amides is 2. The van der Waals surface area contributed by atoms with E-state index >= 15 is 0 Å². The van der Waals surface area contributed by atoms with Gasteiger partial charge in [-0.15, -0.1) is 0 Å². The molecule has 1 fully saturated rings. The maximum Gasteiger partial charge on any atom is 0.319 e. The highest BCUT2D eigenvalue weighted by molar-refractivity contribution is 6.35. The summed E-state index contributed by atoms with van der Waals surface area (Å²) in [5.41, 5.74) is 0.591. The van der Waals surface area contributed by atoms with E-state index in [-0.39, 0.29) is 12.1 Å². The standard InChI is InChI=1S/C12H15Cl2N3O/c13-8-4-9(14)6-11(5-8)17-12(18)16-10-2-1-3-15-7-10/h4-6,10,15H,1-3,7H2,(H2,16,17,18)/t10-/m1/s1. The minimum atomic E-state index is -0.234. The molecule has 0 spiro atoms. The Morgan fingerprint density at radius 2 is 2.00 bits per heavy atom. The Bertz CT molecular complexity index is 413. The van der Waals surface area contributed by atoms with Crippen LogP contribution in [0.25, 0.3) is 0 Å². The monoisotopic (exact) mass is 287 g/mol. The molecular weight excluding hydrogens is 273 g/mol. The quantitative estimate of drug-likeness (QED) is 0.783. The van der Waals surface area contributed by atoms with Crippen LogP contribution < -0.4 is 16.0 Å². The van der Waals surface area contributed by atoms with Gasteiger partial charge in [-0.3, -0.25) is 0 Å². The van der Waals surface area contributed by atoms with Crippen molar-refractivity contribution in [2.45, 2.75) is 18.9 Å². The second-order valence-electron chi connectivity index (χ2n) is 4.30. The molecule has 2 amide bonds. The van der Waals surface area contributed by atoms with Crippen molar-refractivity contribution < 1.29 is 4.79 Å². The van der Waals surface area contributed by atoms with Crippen molar-refractivity contribution in [3.8, 4) is 0 Å². The largest absolute Gasteiger partial charge is 0.334 e. The van der Waals surface area contributed by atoms with Crippen LogP contribution in [0.15, 0.2) is 18.2 Å². The van der Waals surface area contributed by atoms with Gasteiger partial charge in [-0.25, -0.2) is 4.79 Å². The first kappa shape index (κ1) is 13.5. The fourth-order valence-corrected chi connectivity index (χ4v) is 2.48. The lowest BCUT2D eigenvalue weighted by atomic mass is 10.1. The van der Waals surface area contributed by atoms with E-state index in [9.17, 15) is 4.79 Å². The van der Waals surface area contributed by atoms with E-state index in [1.807, 2.05) is 0 Å². The molecule has 3 N–H and O–H groups in total. The van der Waals surface area contributed by atoms with Gasteiger partial charge in [0.1, 0.15) is 0 Å². The van der Waals surface area contributed by atoms with Crippen LogP contribution in [0, 0.1) is 0 Å². The number of anilines is 1. The molecule has 18 heavy (non-hydrogen) atoms. The smallest absolute Gasteiger partial charge is 0.319 e. The van der Waals surface area contributed by atoms with E-state index in [2.05, 4.69) is 16.0 Å². The van der Waals surface area contributed by atoms with Crippen LogP contribution in [0.4, 0.5) is 10.5 Å². The Hall–Kier alpha value is -0.970. The maximum atomic E-state index is 11.8. The first-order valence-corrected chi connectivity index (χ1v) is 6.63. The molecule has 1 heterocycles. The topological polar surface area (TPSA) is 53.2 Å². The number of rotatable bonds is 2. The molecule has 0 aliphatic carbocycles. The predicted molar refractivity (Wildman–Crippen MR) is 74.5 cm³/mol. The summed E-state index contributed by atoms with van der Waals surface area (Å²) >= 11 is 11.7. The Labute approximate surface area is 116 Å². The van der Waals surface area contributed by atoms with Crippen LogP contribution in [-0.2, 0) is 0 Å². The Balaban J connectivity index is 1.89. The molecule has 6 heteroatoms. The average molecular weight is 288 g/mol. The second kappa shape index (κ2) is 6.27. The minimum absolute atomic E-state index is 0.174. The van der Waals surface area contributed by atoms with Crippen molar-refractivity contribution in [3.05, 3.63) is 28.2 Å². The molecule has 1 atom stereocenters. The van der Waals surface area contributed by atoms with Crippen molar-refractivity contribution in [3.63, 3.8) is 0 Å². The van der Waals surface area contributed by atoms with Gasteiger partial charge in [0.15, 0.2) is 0 Å². The number of benzene rings is 1. The number of hydrogen-bond donors (Lipinski definition) is 3. The molecule has 0 unspecified atom stereocenters. The molecule has 1 aromatic rings. The minimum Gasteiger partial charge on any atom is -0.334 e. The number of nitrogens with one attached hydrogen (secondary N) is 3. The molecule has 0 saturated carbocycles. The van der Waals surface area contributed by atoms with E-state index in [0.29, 0.717) is 15.7 Å². The van der Waals surface area contributed by atoms with Gasteiger partial charge < -0.3 is 16.0 Å². The highest BCUT2D eigenvalue weighted by atomic mass is 35.5. The van der Waals surface area contributed by atoms with E-state index in [1.54, 1.807) is 18.2 Å². The van der Waals surface area contributed by atoms with Gasteiger partial charge in [0.05, 0.1) is 0 Å². The molecule has 4 nitrogen and oxygen atoms in total. The fraction of sp³-hybridized carbons (Fsp3) is 0.417. The van der Waals surface area contributed by atoms with Crippen LogP contribution >= 0.6 is 23.2 Å². The normalized spacial score (nSPS) is 19.3. The zero-order chi connectivity index (χ0) is 13.0. The van der Waals surface area contributed by atoms with Gasteiger partial charge in [-0.2, -0.15) is 0 Å². The third-order valence-electron chi connectivity index (χ3n) is 2.75. The zero-order valence-corrected chi connectivity index (χ0v) is 11.3. The summed E-state index contributed by atoms with van der Waals surface area (Å²) in [4.78, 5) is 11.8. The predicted octanol–water partition coefficient (Wildman–Crippen LogP) is 2.87. The summed E-state index contributed by atoms with van der Waals surface area (Å²) in [6.07, 6.45) is 2.07.